The Morgan fingerprint density at radius 2 is 1.82 bits per heavy atom. The van der Waals surface area contributed by atoms with Crippen molar-refractivity contribution in [3.8, 4) is 0 Å². The molecule has 0 heterocycles. The summed E-state index contributed by atoms with van der Waals surface area (Å²) in [5.74, 6) is 0.710. The van der Waals surface area contributed by atoms with Crippen molar-refractivity contribution in [3.63, 3.8) is 0 Å². The fourth-order valence-electron chi connectivity index (χ4n) is 1.37. The van der Waals surface area contributed by atoms with Gasteiger partial charge in [0.2, 0.25) is 0 Å². The molecule has 0 aliphatic rings. The number of hydrogen-bond acceptors (Lipinski definition) is 1. The Labute approximate surface area is 71.1 Å². The van der Waals surface area contributed by atoms with Gasteiger partial charge in [0.25, 0.3) is 0 Å². The van der Waals surface area contributed by atoms with E-state index < -0.39 is 0 Å². The summed E-state index contributed by atoms with van der Waals surface area (Å²) in [5.41, 5.74) is 1.28. The van der Waals surface area contributed by atoms with Gasteiger partial charge in [-0.15, -0.1) is 6.58 Å². The zero-order chi connectivity index (χ0) is 9.02. The summed E-state index contributed by atoms with van der Waals surface area (Å²) in [4.78, 5) is 2.28. The third kappa shape index (κ3) is 4.20. The first-order valence-corrected chi connectivity index (χ1v) is 4.26. The molecule has 0 amide bonds. The molecule has 0 rings (SSSR count). The SMILES string of the molecule is C=C(C)CC(C(C)C)N(C)C. The molecule has 11 heavy (non-hydrogen) atoms. The van der Waals surface area contributed by atoms with Gasteiger partial charge in [-0.3, -0.25) is 0 Å². The highest BCUT2D eigenvalue weighted by Gasteiger charge is 2.14. The van der Waals surface area contributed by atoms with Crippen LogP contribution in [0.5, 0.6) is 0 Å². The van der Waals surface area contributed by atoms with E-state index in [9.17, 15) is 0 Å². The van der Waals surface area contributed by atoms with Gasteiger partial charge in [-0.1, -0.05) is 19.4 Å². The van der Waals surface area contributed by atoms with Gasteiger partial charge in [0.15, 0.2) is 0 Å². The van der Waals surface area contributed by atoms with Crippen LogP contribution in [0.1, 0.15) is 27.2 Å². The van der Waals surface area contributed by atoms with Crippen molar-refractivity contribution < 1.29 is 0 Å². The summed E-state index contributed by atoms with van der Waals surface area (Å²) in [7, 11) is 4.27. The zero-order valence-corrected chi connectivity index (χ0v) is 8.52. The maximum Gasteiger partial charge on any atom is 0.0149 e. The van der Waals surface area contributed by atoms with Gasteiger partial charge in [0, 0.05) is 6.04 Å². The normalized spacial score (nSPS) is 14.1. The molecule has 0 saturated carbocycles. The molecule has 0 aliphatic carbocycles. The highest BCUT2D eigenvalue weighted by Crippen LogP contribution is 2.15. The van der Waals surface area contributed by atoms with Crippen molar-refractivity contribution in [1.82, 2.24) is 4.90 Å². The van der Waals surface area contributed by atoms with Gasteiger partial charge in [-0.2, -0.15) is 0 Å². The lowest BCUT2D eigenvalue weighted by atomic mass is 9.97. The monoisotopic (exact) mass is 155 g/mol. The van der Waals surface area contributed by atoms with E-state index in [-0.39, 0.29) is 0 Å². The largest absolute Gasteiger partial charge is 0.306 e. The highest BCUT2D eigenvalue weighted by atomic mass is 15.1. The molecule has 1 atom stereocenters. The van der Waals surface area contributed by atoms with E-state index in [4.69, 9.17) is 0 Å². The van der Waals surface area contributed by atoms with E-state index in [2.05, 4.69) is 46.3 Å². The lowest BCUT2D eigenvalue weighted by molar-refractivity contribution is 0.230. The molecule has 1 nitrogen and oxygen atoms in total. The molecule has 0 aliphatic heterocycles. The molecular weight excluding hydrogens is 134 g/mol. The Hall–Kier alpha value is -0.300. The molecule has 1 unspecified atom stereocenters. The third-order valence-electron chi connectivity index (χ3n) is 1.99. The number of nitrogens with zero attached hydrogens (tertiary/aromatic N) is 1. The van der Waals surface area contributed by atoms with Crippen LogP contribution < -0.4 is 0 Å². The summed E-state index contributed by atoms with van der Waals surface area (Å²) in [6.07, 6.45) is 1.12. The van der Waals surface area contributed by atoms with Crippen molar-refractivity contribution in [2.75, 3.05) is 14.1 Å². The van der Waals surface area contributed by atoms with Crippen LogP contribution in [-0.4, -0.2) is 25.0 Å². The van der Waals surface area contributed by atoms with Gasteiger partial charge in [0.05, 0.1) is 0 Å². The molecule has 0 fully saturated rings. The fourth-order valence-corrected chi connectivity index (χ4v) is 1.37. The Morgan fingerprint density at radius 3 is 1.91 bits per heavy atom. The van der Waals surface area contributed by atoms with E-state index in [1.54, 1.807) is 0 Å². The predicted molar refractivity (Wildman–Crippen MR) is 51.7 cm³/mol. The minimum atomic E-state index is 0.646. The van der Waals surface area contributed by atoms with Gasteiger partial charge in [0.1, 0.15) is 0 Å². The molecule has 0 spiro atoms. The molecular formula is C10H21N. The average molecular weight is 155 g/mol. The maximum absolute atomic E-state index is 3.93. The topological polar surface area (TPSA) is 3.24 Å². The van der Waals surface area contributed by atoms with Crippen LogP contribution in [0.4, 0.5) is 0 Å². The van der Waals surface area contributed by atoms with Crippen LogP contribution in [0.2, 0.25) is 0 Å². The molecule has 0 saturated heterocycles. The molecule has 66 valence electrons. The smallest absolute Gasteiger partial charge is 0.0149 e. The van der Waals surface area contributed by atoms with E-state index >= 15 is 0 Å². The third-order valence-corrected chi connectivity index (χ3v) is 1.99. The van der Waals surface area contributed by atoms with Crippen molar-refractivity contribution in [2.24, 2.45) is 5.92 Å². The molecule has 0 bridgehead atoms. The minimum absolute atomic E-state index is 0.646. The van der Waals surface area contributed by atoms with Crippen molar-refractivity contribution in [3.05, 3.63) is 12.2 Å². The van der Waals surface area contributed by atoms with Crippen molar-refractivity contribution in [2.45, 2.75) is 33.2 Å². The fraction of sp³-hybridized carbons (Fsp3) is 0.800. The second kappa shape index (κ2) is 4.55. The van der Waals surface area contributed by atoms with Crippen LogP contribution in [0.3, 0.4) is 0 Å². The molecule has 0 radical (unpaired) electrons. The quantitative estimate of drug-likeness (QED) is 0.564. The summed E-state index contributed by atoms with van der Waals surface area (Å²) in [6.45, 7) is 10.5. The molecule has 0 aromatic heterocycles. The van der Waals surface area contributed by atoms with Crippen LogP contribution in [0.25, 0.3) is 0 Å². The Bertz CT molecular complexity index is 117. The van der Waals surface area contributed by atoms with Gasteiger partial charge < -0.3 is 4.90 Å². The highest BCUT2D eigenvalue weighted by molar-refractivity contribution is 4.93. The first-order valence-electron chi connectivity index (χ1n) is 4.26. The van der Waals surface area contributed by atoms with Gasteiger partial charge in [-0.05, 0) is 33.4 Å². The second-order valence-electron chi connectivity index (χ2n) is 3.94. The standard InChI is InChI=1S/C10H21N/c1-8(2)7-10(9(3)4)11(5)6/h9-10H,1,7H2,2-6H3. The number of rotatable bonds is 4. The van der Waals surface area contributed by atoms with Crippen LogP contribution in [-0.2, 0) is 0 Å². The summed E-state index contributed by atoms with van der Waals surface area (Å²) < 4.78 is 0. The molecule has 0 aromatic rings. The van der Waals surface area contributed by atoms with Crippen LogP contribution in [0, 0.1) is 5.92 Å². The Morgan fingerprint density at radius 1 is 1.36 bits per heavy atom. The maximum atomic E-state index is 3.93. The zero-order valence-electron chi connectivity index (χ0n) is 8.52. The lowest BCUT2D eigenvalue weighted by Gasteiger charge is -2.27. The Balaban J connectivity index is 4.00. The molecule has 1 heteroatoms. The molecule has 0 aromatic carbocycles. The number of hydrogen-bond donors (Lipinski definition) is 0. The van der Waals surface area contributed by atoms with Gasteiger partial charge in [-0.25, -0.2) is 0 Å². The molecule has 0 N–H and O–H groups in total. The Kier molecular flexibility index (Phi) is 4.43. The van der Waals surface area contributed by atoms with Gasteiger partial charge >= 0.3 is 0 Å². The minimum Gasteiger partial charge on any atom is -0.306 e. The second-order valence-corrected chi connectivity index (χ2v) is 3.94. The average Bonchev–Trinajstić information content (AvgIpc) is 1.81. The summed E-state index contributed by atoms with van der Waals surface area (Å²) in [5, 5.41) is 0. The summed E-state index contributed by atoms with van der Waals surface area (Å²) >= 11 is 0. The van der Waals surface area contributed by atoms with E-state index in [1.807, 2.05) is 0 Å². The lowest BCUT2D eigenvalue weighted by Crippen LogP contribution is -2.32. The van der Waals surface area contributed by atoms with E-state index in [0.29, 0.717) is 12.0 Å². The predicted octanol–water partition coefficient (Wildman–Crippen LogP) is 2.54. The van der Waals surface area contributed by atoms with Crippen molar-refractivity contribution >= 4 is 0 Å². The van der Waals surface area contributed by atoms with Crippen LogP contribution >= 0.6 is 0 Å². The van der Waals surface area contributed by atoms with E-state index in [0.717, 1.165) is 6.42 Å². The first-order chi connectivity index (χ1) is 4.95. The summed E-state index contributed by atoms with van der Waals surface area (Å²) in [6, 6.07) is 0.646. The first kappa shape index (κ1) is 10.7. The van der Waals surface area contributed by atoms with Crippen LogP contribution in [0.15, 0.2) is 12.2 Å². The van der Waals surface area contributed by atoms with Crippen molar-refractivity contribution in [1.29, 1.82) is 0 Å². The van der Waals surface area contributed by atoms with E-state index in [1.165, 1.54) is 5.57 Å².